The van der Waals surface area contributed by atoms with Gasteiger partial charge in [0.15, 0.2) is 5.58 Å². The Hall–Kier alpha value is -2.21. The molecule has 2 aromatic heterocycles. The Morgan fingerprint density at radius 2 is 2.15 bits per heavy atom. The summed E-state index contributed by atoms with van der Waals surface area (Å²) in [5.41, 5.74) is 7.15. The summed E-state index contributed by atoms with van der Waals surface area (Å²) >= 11 is 1.27. The zero-order chi connectivity index (χ0) is 14.4. The van der Waals surface area contributed by atoms with Gasteiger partial charge >= 0.3 is 0 Å². The molecule has 0 radical (unpaired) electrons. The monoisotopic (exact) mass is 288 g/mol. The molecule has 0 fully saturated rings. The van der Waals surface area contributed by atoms with Crippen molar-refractivity contribution in [3.63, 3.8) is 0 Å². The van der Waals surface area contributed by atoms with Crippen LogP contribution in [-0.2, 0) is 0 Å². The number of benzene rings is 1. The highest BCUT2D eigenvalue weighted by molar-refractivity contribution is 7.98. The van der Waals surface area contributed by atoms with Crippen LogP contribution in [0, 0.1) is 6.92 Å². The number of amides is 1. The van der Waals surface area contributed by atoms with Crippen LogP contribution in [0.4, 0.5) is 0 Å². The molecule has 0 aliphatic heterocycles. The molecule has 3 N–H and O–H groups in total. The topological polar surface area (TPSA) is 89.1 Å². The Labute approximate surface area is 118 Å². The highest BCUT2D eigenvalue weighted by Gasteiger charge is 2.22. The van der Waals surface area contributed by atoms with Gasteiger partial charge in [-0.1, -0.05) is 11.6 Å². The number of aromatic nitrogens is 1. The van der Waals surface area contributed by atoms with Crippen LogP contribution in [0.3, 0.4) is 0 Å². The molecule has 102 valence electrons. The van der Waals surface area contributed by atoms with Crippen LogP contribution < -0.4 is 11.3 Å². The Morgan fingerprint density at radius 3 is 2.80 bits per heavy atom. The van der Waals surface area contributed by atoms with Crippen LogP contribution in [0.2, 0.25) is 0 Å². The number of thioether (sulfide) groups is 1. The Morgan fingerprint density at radius 1 is 1.40 bits per heavy atom. The first-order valence-corrected chi connectivity index (χ1v) is 7.18. The zero-order valence-electron chi connectivity index (χ0n) is 10.9. The summed E-state index contributed by atoms with van der Waals surface area (Å²) in [5, 5.41) is 1.15. The Balaban J connectivity index is 2.59. The molecule has 1 amide bonds. The molecule has 5 nitrogen and oxygen atoms in total. The van der Waals surface area contributed by atoms with Crippen molar-refractivity contribution in [3.8, 4) is 0 Å². The molecule has 2 heterocycles. The van der Waals surface area contributed by atoms with Gasteiger partial charge in [0.1, 0.15) is 5.39 Å². The predicted molar refractivity (Wildman–Crippen MR) is 79.4 cm³/mol. The fourth-order valence-corrected chi connectivity index (χ4v) is 3.03. The number of fused-ring (bicyclic) bond motifs is 3. The van der Waals surface area contributed by atoms with Crippen molar-refractivity contribution in [3.05, 3.63) is 39.9 Å². The van der Waals surface area contributed by atoms with E-state index in [9.17, 15) is 9.59 Å². The maximum Gasteiger partial charge on any atom is 0.285 e. The number of rotatable bonds is 2. The molecule has 3 aromatic rings. The summed E-state index contributed by atoms with van der Waals surface area (Å²) in [5.74, 6) is -0.641. The molecule has 0 aliphatic rings. The lowest BCUT2D eigenvalue weighted by Gasteiger charge is -2.00. The van der Waals surface area contributed by atoms with E-state index in [1.54, 1.807) is 6.26 Å². The number of nitrogens with one attached hydrogen (secondary N) is 1. The van der Waals surface area contributed by atoms with E-state index in [4.69, 9.17) is 10.2 Å². The minimum Gasteiger partial charge on any atom is -0.449 e. The highest BCUT2D eigenvalue weighted by Crippen LogP contribution is 2.34. The second kappa shape index (κ2) is 4.42. The molecule has 0 saturated heterocycles. The molecule has 0 aliphatic carbocycles. The number of H-pyrrole nitrogens is 1. The highest BCUT2D eigenvalue weighted by atomic mass is 32.2. The van der Waals surface area contributed by atoms with Crippen molar-refractivity contribution in [1.29, 1.82) is 0 Å². The van der Waals surface area contributed by atoms with Gasteiger partial charge in [-0.2, -0.15) is 0 Å². The largest absolute Gasteiger partial charge is 0.449 e. The Kier molecular flexibility index (Phi) is 2.83. The van der Waals surface area contributed by atoms with Crippen LogP contribution in [0.1, 0.15) is 16.1 Å². The molecular weight excluding hydrogens is 276 g/mol. The SMILES string of the molecule is CSc1c(C(N)=O)oc2c1c(=O)[nH]c1ccc(C)cc12. The van der Waals surface area contributed by atoms with Gasteiger partial charge in [0.25, 0.3) is 11.5 Å². The maximum atomic E-state index is 12.2. The van der Waals surface area contributed by atoms with E-state index in [-0.39, 0.29) is 11.3 Å². The summed E-state index contributed by atoms with van der Waals surface area (Å²) < 4.78 is 5.59. The van der Waals surface area contributed by atoms with E-state index in [1.807, 2.05) is 25.1 Å². The second-order valence-corrected chi connectivity index (χ2v) is 5.35. The first-order chi connectivity index (χ1) is 9.52. The lowest BCUT2D eigenvalue weighted by Crippen LogP contribution is -2.11. The van der Waals surface area contributed by atoms with Gasteiger partial charge in [0, 0.05) is 5.39 Å². The van der Waals surface area contributed by atoms with Gasteiger partial charge in [-0.15, -0.1) is 11.8 Å². The number of hydrogen-bond acceptors (Lipinski definition) is 4. The van der Waals surface area contributed by atoms with E-state index in [2.05, 4.69) is 4.98 Å². The number of furan rings is 1. The average Bonchev–Trinajstić information content (AvgIpc) is 2.80. The molecule has 6 heteroatoms. The second-order valence-electron chi connectivity index (χ2n) is 4.54. The van der Waals surface area contributed by atoms with Crippen LogP contribution in [-0.4, -0.2) is 17.1 Å². The smallest absolute Gasteiger partial charge is 0.285 e. The van der Waals surface area contributed by atoms with Crippen LogP contribution in [0.15, 0.2) is 32.3 Å². The molecule has 0 atom stereocenters. The average molecular weight is 288 g/mol. The first-order valence-electron chi connectivity index (χ1n) is 5.96. The summed E-state index contributed by atoms with van der Waals surface area (Å²) in [6, 6.07) is 5.63. The summed E-state index contributed by atoms with van der Waals surface area (Å²) in [6.07, 6.45) is 1.77. The third-order valence-corrected chi connectivity index (χ3v) is 3.99. The Bertz CT molecular complexity index is 908. The third-order valence-electron chi connectivity index (χ3n) is 3.19. The van der Waals surface area contributed by atoms with Crippen LogP contribution in [0.5, 0.6) is 0 Å². The van der Waals surface area contributed by atoms with Crippen molar-refractivity contribution in [1.82, 2.24) is 4.98 Å². The molecule has 0 spiro atoms. The van der Waals surface area contributed by atoms with Crippen molar-refractivity contribution in [2.24, 2.45) is 5.73 Å². The zero-order valence-corrected chi connectivity index (χ0v) is 11.8. The molecule has 0 bridgehead atoms. The number of hydrogen-bond donors (Lipinski definition) is 2. The van der Waals surface area contributed by atoms with E-state index in [0.717, 1.165) is 10.9 Å². The fraction of sp³-hybridized carbons (Fsp3) is 0.143. The molecule has 0 saturated carbocycles. The van der Waals surface area contributed by atoms with E-state index < -0.39 is 5.91 Å². The van der Waals surface area contributed by atoms with Crippen molar-refractivity contribution >= 4 is 39.5 Å². The van der Waals surface area contributed by atoms with Crippen LogP contribution >= 0.6 is 11.8 Å². The molecule has 3 rings (SSSR count). The standard InChI is InChI=1S/C14H12N2O3S/c1-6-3-4-8-7(5-6)10-9(14(18)16-8)12(20-2)11(19-10)13(15)17/h3-5H,1-2H3,(H2,15,17)(H,16,18). The van der Waals surface area contributed by atoms with Gasteiger partial charge in [-0.05, 0) is 25.3 Å². The molecule has 1 aromatic carbocycles. The number of carbonyl (C=O) groups excluding carboxylic acids is 1. The summed E-state index contributed by atoms with van der Waals surface area (Å²) in [7, 11) is 0. The van der Waals surface area contributed by atoms with Crippen molar-refractivity contribution in [2.75, 3.05) is 6.26 Å². The van der Waals surface area contributed by atoms with E-state index >= 15 is 0 Å². The number of pyridine rings is 1. The lowest BCUT2D eigenvalue weighted by atomic mass is 10.1. The quantitative estimate of drug-likeness (QED) is 0.709. The molecule has 20 heavy (non-hydrogen) atoms. The normalized spacial score (nSPS) is 11.3. The summed E-state index contributed by atoms with van der Waals surface area (Å²) in [4.78, 5) is 27.0. The number of aryl methyl sites for hydroxylation is 1. The fourth-order valence-electron chi connectivity index (χ4n) is 2.31. The molecular formula is C14H12N2O3S. The van der Waals surface area contributed by atoms with Gasteiger partial charge < -0.3 is 15.1 Å². The number of aromatic amines is 1. The number of carbonyl (C=O) groups is 1. The van der Waals surface area contributed by atoms with Gasteiger partial charge in [0.2, 0.25) is 5.76 Å². The third kappa shape index (κ3) is 1.72. The van der Waals surface area contributed by atoms with Crippen LogP contribution in [0.25, 0.3) is 21.9 Å². The minimum absolute atomic E-state index is 0.0343. The summed E-state index contributed by atoms with van der Waals surface area (Å²) in [6.45, 7) is 1.95. The lowest BCUT2D eigenvalue weighted by molar-refractivity contribution is 0.0972. The molecule has 0 unspecified atom stereocenters. The van der Waals surface area contributed by atoms with Gasteiger partial charge in [-0.25, -0.2) is 0 Å². The number of nitrogens with two attached hydrogens (primary N) is 1. The van der Waals surface area contributed by atoms with E-state index in [1.165, 1.54) is 11.8 Å². The maximum absolute atomic E-state index is 12.2. The minimum atomic E-state index is -0.675. The van der Waals surface area contributed by atoms with Crippen molar-refractivity contribution < 1.29 is 9.21 Å². The number of primary amides is 1. The van der Waals surface area contributed by atoms with Gasteiger partial charge in [0.05, 0.1) is 10.4 Å². The van der Waals surface area contributed by atoms with Gasteiger partial charge in [-0.3, -0.25) is 9.59 Å². The van der Waals surface area contributed by atoms with E-state index in [0.29, 0.717) is 21.4 Å². The predicted octanol–water partition coefficient (Wildman–Crippen LogP) is 2.40. The van der Waals surface area contributed by atoms with Crippen molar-refractivity contribution in [2.45, 2.75) is 11.8 Å². The first kappa shape index (κ1) is 12.8.